The zero-order valence-corrected chi connectivity index (χ0v) is 12.6. The van der Waals surface area contributed by atoms with Crippen molar-refractivity contribution in [2.45, 2.75) is 39.2 Å². The van der Waals surface area contributed by atoms with Gasteiger partial charge in [0.05, 0.1) is 0 Å². The predicted molar refractivity (Wildman–Crippen MR) is 80.4 cm³/mol. The van der Waals surface area contributed by atoms with E-state index in [4.69, 9.17) is 0 Å². The molecular formula is C15H25NOS. The van der Waals surface area contributed by atoms with E-state index in [0.29, 0.717) is 5.75 Å². The van der Waals surface area contributed by atoms with E-state index in [1.807, 2.05) is 19.2 Å². The second kappa shape index (κ2) is 8.44. The van der Waals surface area contributed by atoms with Crippen LogP contribution in [0.4, 0.5) is 0 Å². The molecule has 1 aromatic rings. The number of aryl methyl sites for hydroxylation is 1. The molecule has 0 amide bonds. The Morgan fingerprint density at radius 3 is 2.61 bits per heavy atom. The van der Waals surface area contributed by atoms with Crippen LogP contribution in [0.15, 0.2) is 24.3 Å². The Morgan fingerprint density at radius 2 is 2.00 bits per heavy atom. The molecular weight excluding hydrogens is 242 g/mol. The standard InChI is InChI=1S/C15H25NOS/c1-4-5-8-11-18(17)12-15(16-3)14-10-7-6-9-13(14)2/h6-7,9-10,15-16H,4-5,8,11-12H2,1-3H3. The summed E-state index contributed by atoms with van der Waals surface area (Å²) in [6, 6.07) is 8.53. The summed E-state index contributed by atoms with van der Waals surface area (Å²) in [6.45, 7) is 4.28. The zero-order valence-electron chi connectivity index (χ0n) is 11.7. The molecule has 0 spiro atoms. The molecule has 0 bridgehead atoms. The highest BCUT2D eigenvalue weighted by molar-refractivity contribution is 7.85. The number of unbranched alkanes of at least 4 members (excludes halogenated alkanes) is 2. The Morgan fingerprint density at radius 1 is 1.28 bits per heavy atom. The molecule has 0 heterocycles. The number of hydrogen-bond donors (Lipinski definition) is 1. The summed E-state index contributed by atoms with van der Waals surface area (Å²) in [5.74, 6) is 1.54. The average Bonchev–Trinajstić information content (AvgIpc) is 2.37. The quantitative estimate of drug-likeness (QED) is 0.733. The van der Waals surface area contributed by atoms with Gasteiger partial charge in [-0.2, -0.15) is 0 Å². The monoisotopic (exact) mass is 267 g/mol. The van der Waals surface area contributed by atoms with Gasteiger partial charge in [-0.15, -0.1) is 0 Å². The maximum absolute atomic E-state index is 12.0. The molecule has 18 heavy (non-hydrogen) atoms. The van der Waals surface area contributed by atoms with Crippen molar-refractivity contribution in [2.75, 3.05) is 18.6 Å². The van der Waals surface area contributed by atoms with Gasteiger partial charge in [0.2, 0.25) is 0 Å². The minimum absolute atomic E-state index is 0.202. The van der Waals surface area contributed by atoms with Crippen molar-refractivity contribution in [3.05, 3.63) is 35.4 Å². The van der Waals surface area contributed by atoms with Crippen LogP contribution in [0, 0.1) is 6.92 Å². The molecule has 0 fully saturated rings. The summed E-state index contributed by atoms with van der Waals surface area (Å²) >= 11 is 0. The number of rotatable bonds is 8. The van der Waals surface area contributed by atoms with Crippen molar-refractivity contribution in [3.8, 4) is 0 Å². The molecule has 0 aliphatic heterocycles. The van der Waals surface area contributed by atoms with Gasteiger partial charge in [0, 0.05) is 28.3 Å². The van der Waals surface area contributed by atoms with Crippen LogP contribution in [0.1, 0.15) is 43.4 Å². The molecule has 1 N–H and O–H groups in total. The molecule has 2 unspecified atom stereocenters. The first-order valence-corrected chi connectivity index (χ1v) is 8.25. The fourth-order valence-corrected chi connectivity index (χ4v) is 3.50. The maximum atomic E-state index is 12.0. The Bertz CT molecular complexity index is 379. The van der Waals surface area contributed by atoms with Crippen LogP contribution in [0.25, 0.3) is 0 Å². The van der Waals surface area contributed by atoms with Crippen molar-refractivity contribution >= 4 is 10.8 Å². The van der Waals surface area contributed by atoms with Gasteiger partial charge >= 0.3 is 0 Å². The van der Waals surface area contributed by atoms with Gasteiger partial charge in [-0.25, -0.2) is 0 Å². The molecule has 2 nitrogen and oxygen atoms in total. The SMILES string of the molecule is CCCCCS(=O)CC(NC)c1ccccc1C. The molecule has 0 saturated carbocycles. The van der Waals surface area contributed by atoms with Gasteiger partial charge in [-0.05, 0) is 31.5 Å². The normalized spacial score (nSPS) is 14.4. The van der Waals surface area contributed by atoms with Crippen molar-refractivity contribution < 1.29 is 4.21 Å². The highest BCUT2D eigenvalue weighted by Gasteiger charge is 2.14. The van der Waals surface area contributed by atoms with E-state index in [9.17, 15) is 4.21 Å². The van der Waals surface area contributed by atoms with Gasteiger partial charge in [0.25, 0.3) is 0 Å². The Labute approximate surface area is 114 Å². The van der Waals surface area contributed by atoms with E-state index in [2.05, 4.69) is 31.3 Å². The van der Waals surface area contributed by atoms with Crippen LogP contribution in [-0.2, 0) is 10.8 Å². The van der Waals surface area contributed by atoms with E-state index < -0.39 is 10.8 Å². The first kappa shape index (κ1) is 15.4. The van der Waals surface area contributed by atoms with Crippen LogP contribution in [0.3, 0.4) is 0 Å². The second-order valence-corrected chi connectivity index (χ2v) is 6.34. The third-order valence-electron chi connectivity index (χ3n) is 3.24. The Kier molecular flexibility index (Phi) is 7.21. The van der Waals surface area contributed by atoms with Gasteiger partial charge < -0.3 is 5.32 Å². The molecule has 0 radical (unpaired) electrons. The zero-order chi connectivity index (χ0) is 13.4. The maximum Gasteiger partial charge on any atom is 0.0437 e. The summed E-state index contributed by atoms with van der Waals surface area (Å²) in [5, 5.41) is 3.29. The Hall–Kier alpha value is -0.670. The van der Waals surface area contributed by atoms with E-state index >= 15 is 0 Å². The minimum atomic E-state index is -0.723. The summed E-state index contributed by atoms with van der Waals surface area (Å²) in [6.07, 6.45) is 3.44. The van der Waals surface area contributed by atoms with E-state index in [0.717, 1.165) is 12.2 Å². The number of benzene rings is 1. The molecule has 0 aliphatic carbocycles. The summed E-state index contributed by atoms with van der Waals surface area (Å²) in [7, 11) is 1.22. The summed E-state index contributed by atoms with van der Waals surface area (Å²) in [4.78, 5) is 0. The van der Waals surface area contributed by atoms with Crippen molar-refractivity contribution in [1.82, 2.24) is 5.32 Å². The average molecular weight is 267 g/mol. The van der Waals surface area contributed by atoms with Crippen LogP contribution in [-0.4, -0.2) is 22.8 Å². The predicted octanol–water partition coefficient (Wildman–Crippen LogP) is 3.19. The lowest BCUT2D eigenvalue weighted by molar-refractivity contribution is 0.630. The fraction of sp³-hybridized carbons (Fsp3) is 0.600. The fourth-order valence-electron chi connectivity index (χ4n) is 2.09. The molecule has 1 rings (SSSR count). The van der Waals surface area contributed by atoms with Crippen molar-refractivity contribution in [1.29, 1.82) is 0 Å². The van der Waals surface area contributed by atoms with Gasteiger partial charge in [0.1, 0.15) is 0 Å². The van der Waals surface area contributed by atoms with Crippen LogP contribution >= 0.6 is 0 Å². The van der Waals surface area contributed by atoms with E-state index in [1.54, 1.807) is 0 Å². The molecule has 0 aliphatic rings. The van der Waals surface area contributed by atoms with Crippen molar-refractivity contribution in [2.24, 2.45) is 0 Å². The first-order chi connectivity index (χ1) is 8.69. The Balaban J connectivity index is 2.57. The third kappa shape index (κ3) is 4.91. The van der Waals surface area contributed by atoms with Gasteiger partial charge in [0.15, 0.2) is 0 Å². The molecule has 1 aromatic carbocycles. The van der Waals surface area contributed by atoms with Crippen LogP contribution in [0.2, 0.25) is 0 Å². The highest BCUT2D eigenvalue weighted by atomic mass is 32.2. The smallest absolute Gasteiger partial charge is 0.0437 e. The summed E-state index contributed by atoms with van der Waals surface area (Å²) in [5.41, 5.74) is 2.53. The lowest BCUT2D eigenvalue weighted by Gasteiger charge is -2.18. The van der Waals surface area contributed by atoms with Crippen molar-refractivity contribution in [3.63, 3.8) is 0 Å². The molecule has 102 valence electrons. The van der Waals surface area contributed by atoms with Gasteiger partial charge in [-0.3, -0.25) is 4.21 Å². The largest absolute Gasteiger partial charge is 0.312 e. The van der Waals surface area contributed by atoms with E-state index in [-0.39, 0.29) is 6.04 Å². The molecule has 2 atom stereocenters. The van der Waals surface area contributed by atoms with Crippen LogP contribution in [0.5, 0.6) is 0 Å². The molecule has 0 saturated heterocycles. The second-order valence-electron chi connectivity index (χ2n) is 4.72. The summed E-state index contributed by atoms with van der Waals surface area (Å²) < 4.78 is 12.0. The molecule has 0 aromatic heterocycles. The first-order valence-electron chi connectivity index (χ1n) is 6.76. The topological polar surface area (TPSA) is 29.1 Å². The minimum Gasteiger partial charge on any atom is -0.312 e. The number of hydrogen-bond acceptors (Lipinski definition) is 2. The third-order valence-corrected chi connectivity index (χ3v) is 4.69. The van der Waals surface area contributed by atoms with E-state index in [1.165, 1.54) is 24.0 Å². The lowest BCUT2D eigenvalue weighted by Crippen LogP contribution is -2.24. The molecule has 3 heteroatoms. The number of nitrogens with one attached hydrogen (secondary N) is 1. The van der Waals surface area contributed by atoms with Gasteiger partial charge in [-0.1, -0.05) is 44.0 Å². The highest BCUT2D eigenvalue weighted by Crippen LogP contribution is 2.18. The lowest BCUT2D eigenvalue weighted by atomic mass is 10.0. The van der Waals surface area contributed by atoms with Crippen LogP contribution < -0.4 is 5.32 Å².